The van der Waals surface area contributed by atoms with E-state index in [-0.39, 0.29) is 17.6 Å². The van der Waals surface area contributed by atoms with Crippen LogP contribution in [0, 0.1) is 5.82 Å². The van der Waals surface area contributed by atoms with E-state index in [0.717, 1.165) is 6.20 Å². The molecular weight excluding hydrogens is 216 g/mol. The van der Waals surface area contributed by atoms with E-state index < -0.39 is 5.82 Å². The SMILES string of the molecule is C=C(Cl)CNc1nc(Cl)ncc1F. The molecule has 3 nitrogen and oxygen atoms in total. The van der Waals surface area contributed by atoms with Crippen molar-refractivity contribution in [3.05, 3.63) is 28.9 Å². The van der Waals surface area contributed by atoms with Crippen molar-refractivity contribution in [2.75, 3.05) is 11.9 Å². The van der Waals surface area contributed by atoms with E-state index in [0.29, 0.717) is 5.03 Å². The van der Waals surface area contributed by atoms with Gasteiger partial charge in [-0.2, -0.15) is 4.98 Å². The minimum absolute atomic E-state index is 0.0156. The first-order valence-electron chi connectivity index (χ1n) is 3.35. The second-order valence-electron chi connectivity index (χ2n) is 2.21. The van der Waals surface area contributed by atoms with Crippen molar-refractivity contribution in [3.8, 4) is 0 Å². The van der Waals surface area contributed by atoms with Crippen molar-refractivity contribution < 1.29 is 4.39 Å². The molecule has 0 fully saturated rings. The smallest absolute Gasteiger partial charge is 0.224 e. The Morgan fingerprint density at radius 1 is 1.69 bits per heavy atom. The van der Waals surface area contributed by atoms with E-state index >= 15 is 0 Å². The molecule has 0 atom stereocenters. The largest absolute Gasteiger partial charge is 0.363 e. The molecule has 0 saturated heterocycles. The van der Waals surface area contributed by atoms with Gasteiger partial charge in [0.2, 0.25) is 5.28 Å². The Morgan fingerprint density at radius 3 is 3.00 bits per heavy atom. The zero-order valence-corrected chi connectivity index (χ0v) is 8.03. The Hall–Kier alpha value is -0.870. The Labute approximate surface area is 84.6 Å². The number of anilines is 1. The topological polar surface area (TPSA) is 37.8 Å². The van der Waals surface area contributed by atoms with E-state index in [1.54, 1.807) is 0 Å². The molecule has 0 aromatic carbocycles. The molecule has 13 heavy (non-hydrogen) atoms. The Kier molecular flexibility index (Phi) is 3.45. The minimum atomic E-state index is -0.581. The lowest BCUT2D eigenvalue weighted by atomic mass is 10.5. The normalized spacial score (nSPS) is 9.77. The molecule has 0 spiro atoms. The van der Waals surface area contributed by atoms with Crippen LogP contribution in [0.2, 0.25) is 5.28 Å². The summed E-state index contributed by atoms with van der Waals surface area (Å²) in [5.41, 5.74) is 0. The summed E-state index contributed by atoms with van der Waals surface area (Å²) in [5, 5.41) is 2.94. The van der Waals surface area contributed by atoms with Crippen molar-refractivity contribution in [3.63, 3.8) is 0 Å². The number of rotatable bonds is 3. The molecule has 1 N–H and O–H groups in total. The highest BCUT2D eigenvalue weighted by Gasteiger charge is 2.04. The average molecular weight is 222 g/mol. The van der Waals surface area contributed by atoms with E-state index in [1.165, 1.54) is 0 Å². The molecule has 0 aliphatic heterocycles. The molecule has 6 heteroatoms. The molecule has 0 unspecified atom stereocenters. The minimum Gasteiger partial charge on any atom is -0.363 e. The molecule has 70 valence electrons. The van der Waals surface area contributed by atoms with Gasteiger partial charge in [-0.15, -0.1) is 0 Å². The summed E-state index contributed by atoms with van der Waals surface area (Å²) in [4.78, 5) is 7.06. The van der Waals surface area contributed by atoms with Crippen molar-refractivity contribution in [1.82, 2.24) is 9.97 Å². The predicted molar refractivity (Wildman–Crippen MR) is 50.5 cm³/mol. The highest BCUT2D eigenvalue weighted by Crippen LogP contribution is 2.12. The molecule has 0 bridgehead atoms. The van der Waals surface area contributed by atoms with E-state index in [9.17, 15) is 4.39 Å². The fourth-order valence-corrected chi connectivity index (χ4v) is 0.849. The molecule has 0 aliphatic rings. The van der Waals surface area contributed by atoms with Crippen LogP contribution in [0.3, 0.4) is 0 Å². The monoisotopic (exact) mass is 221 g/mol. The summed E-state index contributed by atoms with van der Waals surface area (Å²) in [6.45, 7) is 3.65. The van der Waals surface area contributed by atoms with Crippen LogP contribution in [0.4, 0.5) is 10.2 Å². The van der Waals surface area contributed by atoms with Gasteiger partial charge in [0.05, 0.1) is 12.7 Å². The first-order valence-corrected chi connectivity index (χ1v) is 4.10. The number of aromatic nitrogens is 2. The van der Waals surface area contributed by atoms with E-state index in [4.69, 9.17) is 23.2 Å². The Morgan fingerprint density at radius 2 is 2.38 bits per heavy atom. The van der Waals surface area contributed by atoms with Crippen LogP contribution in [0.25, 0.3) is 0 Å². The van der Waals surface area contributed by atoms with Crippen LogP contribution >= 0.6 is 23.2 Å². The Bertz CT molecular complexity index is 330. The van der Waals surface area contributed by atoms with Crippen LogP contribution in [0.1, 0.15) is 0 Å². The lowest BCUT2D eigenvalue weighted by molar-refractivity contribution is 0.617. The van der Waals surface area contributed by atoms with Crippen molar-refractivity contribution in [1.29, 1.82) is 0 Å². The highest BCUT2D eigenvalue weighted by molar-refractivity contribution is 6.29. The molecule has 0 aliphatic carbocycles. The summed E-state index contributed by atoms with van der Waals surface area (Å²) in [6.07, 6.45) is 0.981. The first kappa shape index (κ1) is 10.2. The lowest BCUT2D eigenvalue weighted by Crippen LogP contribution is -2.05. The van der Waals surface area contributed by atoms with Crippen LogP contribution in [-0.4, -0.2) is 16.5 Å². The summed E-state index contributed by atoms with van der Waals surface area (Å²) in [6, 6.07) is 0. The molecular formula is C7H6Cl2FN3. The fraction of sp³-hybridized carbons (Fsp3) is 0.143. The molecule has 1 rings (SSSR count). The number of nitrogens with one attached hydrogen (secondary N) is 1. The summed E-state index contributed by atoms with van der Waals surface area (Å²) < 4.78 is 12.9. The average Bonchev–Trinajstić information content (AvgIpc) is 2.06. The third-order valence-electron chi connectivity index (χ3n) is 1.16. The second-order valence-corrected chi connectivity index (χ2v) is 3.08. The van der Waals surface area contributed by atoms with Crippen LogP contribution < -0.4 is 5.32 Å². The molecule has 1 heterocycles. The third-order valence-corrected chi connectivity index (χ3v) is 1.48. The number of halogens is 3. The van der Waals surface area contributed by atoms with Gasteiger partial charge in [-0.1, -0.05) is 18.2 Å². The van der Waals surface area contributed by atoms with E-state index in [1.807, 2.05) is 0 Å². The number of hydrogen-bond acceptors (Lipinski definition) is 3. The molecule has 0 amide bonds. The quantitative estimate of drug-likeness (QED) is 0.798. The predicted octanol–water partition coefficient (Wildman–Crippen LogP) is 2.43. The lowest BCUT2D eigenvalue weighted by Gasteiger charge is -2.04. The van der Waals surface area contributed by atoms with Gasteiger partial charge in [0, 0.05) is 5.03 Å². The number of hydrogen-bond donors (Lipinski definition) is 1. The van der Waals surface area contributed by atoms with Gasteiger partial charge in [0.25, 0.3) is 0 Å². The summed E-state index contributed by atoms with van der Waals surface area (Å²) in [5.74, 6) is -0.566. The van der Waals surface area contributed by atoms with Gasteiger partial charge in [0.1, 0.15) is 0 Å². The zero-order valence-electron chi connectivity index (χ0n) is 6.52. The molecule has 1 aromatic heterocycles. The third kappa shape index (κ3) is 3.16. The van der Waals surface area contributed by atoms with Crippen LogP contribution in [0.15, 0.2) is 17.8 Å². The van der Waals surface area contributed by atoms with Gasteiger partial charge in [0.15, 0.2) is 11.6 Å². The maximum Gasteiger partial charge on any atom is 0.224 e. The highest BCUT2D eigenvalue weighted by atomic mass is 35.5. The summed E-state index contributed by atoms with van der Waals surface area (Å²) >= 11 is 10.9. The first-order chi connectivity index (χ1) is 6.09. The molecule has 0 radical (unpaired) electrons. The second kappa shape index (κ2) is 4.39. The van der Waals surface area contributed by atoms with Gasteiger partial charge < -0.3 is 5.32 Å². The summed E-state index contributed by atoms with van der Waals surface area (Å²) in [7, 11) is 0. The van der Waals surface area contributed by atoms with E-state index in [2.05, 4.69) is 21.9 Å². The maximum absolute atomic E-state index is 12.9. The fourth-order valence-electron chi connectivity index (χ4n) is 0.649. The van der Waals surface area contributed by atoms with Crippen LogP contribution in [-0.2, 0) is 0 Å². The van der Waals surface area contributed by atoms with Crippen LogP contribution in [0.5, 0.6) is 0 Å². The van der Waals surface area contributed by atoms with Gasteiger partial charge in [-0.25, -0.2) is 9.37 Å². The van der Waals surface area contributed by atoms with Gasteiger partial charge >= 0.3 is 0 Å². The zero-order chi connectivity index (χ0) is 9.84. The number of nitrogens with zero attached hydrogens (tertiary/aromatic N) is 2. The molecule has 0 saturated carbocycles. The van der Waals surface area contributed by atoms with Crippen molar-refractivity contribution in [2.24, 2.45) is 0 Å². The van der Waals surface area contributed by atoms with Gasteiger partial charge in [-0.3, -0.25) is 0 Å². The maximum atomic E-state index is 12.9. The Balaban J connectivity index is 2.75. The molecule has 1 aromatic rings. The van der Waals surface area contributed by atoms with Gasteiger partial charge in [-0.05, 0) is 11.6 Å². The van der Waals surface area contributed by atoms with Crippen molar-refractivity contribution in [2.45, 2.75) is 0 Å². The standard InChI is InChI=1S/C7H6Cl2FN3/c1-4(8)2-11-6-5(10)3-12-7(9)13-6/h3H,1-2H2,(H,11,12,13). The van der Waals surface area contributed by atoms with Crippen molar-refractivity contribution >= 4 is 29.0 Å².